The molecule has 17 heavy (non-hydrogen) atoms. The largest absolute Gasteiger partial charge is 0.491 e. The third-order valence-electron chi connectivity index (χ3n) is 2.11. The van der Waals surface area contributed by atoms with E-state index < -0.39 is 12.0 Å². The van der Waals surface area contributed by atoms with Gasteiger partial charge in [0.1, 0.15) is 16.1 Å². The summed E-state index contributed by atoms with van der Waals surface area (Å²) in [7, 11) is 0. The number of carboxylic acids is 1. The first kappa shape index (κ1) is 14.6. The molecule has 0 spiro atoms. The van der Waals surface area contributed by atoms with Crippen LogP contribution in [0.5, 0.6) is 5.75 Å². The van der Waals surface area contributed by atoms with E-state index in [-0.39, 0.29) is 0 Å². The maximum absolute atomic E-state index is 10.4. The molecule has 0 bridgehead atoms. The van der Waals surface area contributed by atoms with Crippen LogP contribution in [-0.4, -0.2) is 23.7 Å². The molecule has 7 heteroatoms. The van der Waals surface area contributed by atoms with Gasteiger partial charge in [-0.1, -0.05) is 23.2 Å². The van der Waals surface area contributed by atoms with E-state index in [9.17, 15) is 4.79 Å². The van der Waals surface area contributed by atoms with Crippen LogP contribution in [0.1, 0.15) is 19.3 Å². The van der Waals surface area contributed by atoms with Crippen LogP contribution < -0.4 is 10.5 Å². The normalized spacial score (nSPS) is 12.4. The summed E-state index contributed by atoms with van der Waals surface area (Å²) >= 11 is 12.9. The van der Waals surface area contributed by atoms with Crippen LogP contribution in [0.3, 0.4) is 0 Å². The molecule has 0 aliphatic rings. The summed E-state index contributed by atoms with van der Waals surface area (Å²) in [6.45, 7) is 0.471. The zero-order chi connectivity index (χ0) is 12.8. The number of carbonyl (C=O) groups is 1. The van der Waals surface area contributed by atoms with E-state index in [1.165, 1.54) is 11.3 Å². The van der Waals surface area contributed by atoms with Crippen molar-refractivity contribution in [3.63, 3.8) is 0 Å². The average molecular weight is 298 g/mol. The number of hydrogen-bond acceptors (Lipinski definition) is 4. The minimum atomic E-state index is -0.974. The van der Waals surface area contributed by atoms with Crippen molar-refractivity contribution in [3.8, 4) is 5.75 Å². The van der Waals surface area contributed by atoms with Crippen LogP contribution in [-0.2, 0) is 4.79 Å². The molecular weight excluding hydrogens is 285 g/mol. The maximum Gasteiger partial charge on any atom is 0.320 e. The van der Waals surface area contributed by atoms with Crippen molar-refractivity contribution in [2.24, 2.45) is 5.73 Å². The summed E-state index contributed by atoms with van der Waals surface area (Å²) < 4.78 is 6.51. The fourth-order valence-corrected chi connectivity index (χ4v) is 2.56. The second kappa shape index (κ2) is 7.06. The van der Waals surface area contributed by atoms with Crippen molar-refractivity contribution in [2.75, 3.05) is 6.61 Å². The molecule has 0 aliphatic heterocycles. The number of thiophene rings is 1. The minimum absolute atomic E-state index is 0.441. The van der Waals surface area contributed by atoms with Gasteiger partial charge < -0.3 is 15.6 Å². The number of hydrogen-bond donors (Lipinski definition) is 2. The molecule has 0 saturated heterocycles. The van der Waals surface area contributed by atoms with Crippen molar-refractivity contribution < 1.29 is 14.6 Å². The van der Waals surface area contributed by atoms with E-state index in [0.717, 1.165) is 6.42 Å². The molecule has 0 unspecified atom stereocenters. The van der Waals surface area contributed by atoms with Gasteiger partial charge in [-0.05, 0) is 19.3 Å². The molecule has 1 rings (SSSR count). The summed E-state index contributed by atoms with van der Waals surface area (Å²) in [5.74, 6) is -0.400. The molecule has 0 saturated carbocycles. The number of unbranched alkanes of at least 4 members (excludes halogenated alkanes) is 1. The molecule has 0 amide bonds. The van der Waals surface area contributed by atoms with Gasteiger partial charge in [-0.3, -0.25) is 4.79 Å². The Kier molecular flexibility index (Phi) is 6.05. The first-order valence-corrected chi connectivity index (χ1v) is 6.64. The lowest BCUT2D eigenvalue weighted by molar-refractivity contribution is -0.138. The number of carboxylic acid groups (broad SMARTS) is 1. The van der Waals surface area contributed by atoms with Gasteiger partial charge in [-0.15, -0.1) is 11.3 Å². The third-order valence-corrected chi connectivity index (χ3v) is 3.56. The number of halogens is 2. The summed E-state index contributed by atoms with van der Waals surface area (Å²) in [5, 5.41) is 8.57. The molecule has 0 aromatic carbocycles. The zero-order valence-corrected chi connectivity index (χ0v) is 11.3. The van der Waals surface area contributed by atoms with Crippen LogP contribution in [0.25, 0.3) is 0 Å². The van der Waals surface area contributed by atoms with Gasteiger partial charge in [0.15, 0.2) is 0 Å². The molecule has 0 aliphatic carbocycles. The molecule has 96 valence electrons. The molecule has 4 nitrogen and oxygen atoms in total. The Bertz CT molecular complexity index is 384. The quantitative estimate of drug-likeness (QED) is 0.759. The van der Waals surface area contributed by atoms with Crippen LogP contribution in [0.2, 0.25) is 8.67 Å². The maximum atomic E-state index is 10.4. The number of nitrogens with two attached hydrogens (primary N) is 1. The Morgan fingerprint density at radius 1 is 1.53 bits per heavy atom. The Labute approximate surface area is 113 Å². The highest BCUT2D eigenvalue weighted by atomic mass is 35.5. The van der Waals surface area contributed by atoms with E-state index in [1.807, 2.05) is 0 Å². The van der Waals surface area contributed by atoms with Gasteiger partial charge in [-0.2, -0.15) is 0 Å². The van der Waals surface area contributed by atoms with Crippen molar-refractivity contribution in [1.29, 1.82) is 0 Å². The number of ether oxygens (including phenoxy) is 1. The monoisotopic (exact) mass is 297 g/mol. The highest BCUT2D eigenvalue weighted by molar-refractivity contribution is 7.20. The smallest absolute Gasteiger partial charge is 0.320 e. The molecule has 1 atom stereocenters. The lowest BCUT2D eigenvalue weighted by atomic mass is 10.1. The first-order valence-electron chi connectivity index (χ1n) is 5.06. The van der Waals surface area contributed by atoms with Crippen LogP contribution in [0.4, 0.5) is 0 Å². The number of aliphatic carboxylic acids is 1. The Morgan fingerprint density at radius 3 is 2.76 bits per heavy atom. The molecule has 0 fully saturated rings. The zero-order valence-electron chi connectivity index (χ0n) is 8.99. The van der Waals surface area contributed by atoms with Crippen LogP contribution in [0, 0.1) is 0 Å². The van der Waals surface area contributed by atoms with Gasteiger partial charge in [0, 0.05) is 6.07 Å². The van der Waals surface area contributed by atoms with Gasteiger partial charge in [-0.25, -0.2) is 0 Å². The molecule has 1 aromatic heterocycles. The van der Waals surface area contributed by atoms with Crippen LogP contribution in [0.15, 0.2) is 6.07 Å². The lowest BCUT2D eigenvalue weighted by Crippen LogP contribution is -2.29. The van der Waals surface area contributed by atoms with Gasteiger partial charge in [0.25, 0.3) is 0 Å². The predicted molar refractivity (Wildman–Crippen MR) is 69.3 cm³/mol. The van der Waals surface area contributed by atoms with E-state index in [4.69, 9.17) is 38.8 Å². The first-order chi connectivity index (χ1) is 8.00. The highest BCUT2D eigenvalue weighted by Gasteiger charge is 2.10. The minimum Gasteiger partial charge on any atom is -0.491 e. The van der Waals surface area contributed by atoms with E-state index in [1.54, 1.807) is 6.07 Å². The Morgan fingerprint density at radius 2 is 2.24 bits per heavy atom. The highest BCUT2D eigenvalue weighted by Crippen LogP contribution is 2.37. The van der Waals surface area contributed by atoms with E-state index in [0.29, 0.717) is 33.9 Å². The molecular formula is C10H13Cl2NO3S. The van der Waals surface area contributed by atoms with Crippen molar-refractivity contribution in [2.45, 2.75) is 25.3 Å². The molecule has 1 aromatic rings. The summed E-state index contributed by atoms with van der Waals surface area (Å²) in [6, 6.07) is 0.867. The third kappa shape index (κ3) is 5.12. The Balaban J connectivity index is 2.16. The summed E-state index contributed by atoms with van der Waals surface area (Å²) in [6.07, 6.45) is 1.87. The average Bonchev–Trinajstić information content (AvgIpc) is 2.56. The predicted octanol–water partition coefficient (Wildman–Crippen LogP) is 3.02. The fraction of sp³-hybridized carbons (Fsp3) is 0.500. The van der Waals surface area contributed by atoms with Gasteiger partial charge in [0.05, 0.1) is 10.9 Å². The van der Waals surface area contributed by atoms with Crippen molar-refractivity contribution in [1.82, 2.24) is 0 Å². The standard InChI is InChI=1S/C10H13Cl2NO3S/c11-8-5-7(9(12)17-8)16-4-2-1-3-6(13)10(14)15/h5-6H,1-4,13H2,(H,14,15)/t6-/m0/s1. The summed E-state index contributed by atoms with van der Waals surface area (Å²) in [4.78, 5) is 10.4. The molecule has 1 heterocycles. The fourth-order valence-electron chi connectivity index (χ4n) is 1.20. The van der Waals surface area contributed by atoms with Crippen molar-refractivity contribution >= 4 is 40.5 Å². The van der Waals surface area contributed by atoms with Gasteiger partial charge in [0.2, 0.25) is 0 Å². The van der Waals surface area contributed by atoms with Gasteiger partial charge >= 0.3 is 5.97 Å². The topological polar surface area (TPSA) is 72.5 Å². The second-order valence-corrected chi connectivity index (χ2v) is 5.76. The van der Waals surface area contributed by atoms with Crippen LogP contribution >= 0.6 is 34.5 Å². The second-order valence-electron chi connectivity index (χ2n) is 3.48. The van der Waals surface area contributed by atoms with Crippen molar-refractivity contribution in [3.05, 3.63) is 14.7 Å². The SMILES string of the molecule is N[C@@H](CCCCOc1cc(Cl)sc1Cl)C(=O)O. The van der Waals surface area contributed by atoms with E-state index in [2.05, 4.69) is 0 Å². The Hall–Kier alpha value is -0.490. The molecule has 3 N–H and O–H groups in total. The molecule has 0 radical (unpaired) electrons. The number of rotatable bonds is 7. The van der Waals surface area contributed by atoms with E-state index >= 15 is 0 Å². The lowest BCUT2D eigenvalue weighted by Gasteiger charge is -2.06. The summed E-state index contributed by atoms with van der Waals surface area (Å²) in [5.41, 5.74) is 5.36.